The maximum absolute atomic E-state index is 12.7. The molecule has 3 aliphatic rings. The zero-order chi connectivity index (χ0) is 19.6. The number of hydroxylamine groups is 2. The molecule has 149 valence electrons. The van der Waals surface area contributed by atoms with Gasteiger partial charge >= 0.3 is 6.03 Å². The van der Waals surface area contributed by atoms with E-state index in [1.54, 1.807) is 0 Å². The first-order chi connectivity index (χ1) is 12.8. The summed E-state index contributed by atoms with van der Waals surface area (Å²) in [5, 5.41) is 3.52. The first-order valence-corrected chi connectivity index (χ1v) is 10.2. The summed E-state index contributed by atoms with van der Waals surface area (Å²) in [5.41, 5.74) is 0. The molecule has 0 saturated carbocycles. The van der Waals surface area contributed by atoms with Crippen LogP contribution in [0, 0.1) is 0 Å². The van der Waals surface area contributed by atoms with Crippen LogP contribution in [0.15, 0.2) is 0 Å². The van der Waals surface area contributed by atoms with Crippen LogP contribution in [0.5, 0.6) is 0 Å². The van der Waals surface area contributed by atoms with E-state index in [-0.39, 0.29) is 18.5 Å². The number of hydrogen-bond acceptors (Lipinski definition) is 8. The number of carbonyl (C=O) groups is 3. The van der Waals surface area contributed by atoms with Crippen molar-refractivity contribution in [2.45, 2.75) is 50.2 Å². The molecule has 3 fully saturated rings. The van der Waals surface area contributed by atoms with Gasteiger partial charge in [-0.05, 0) is 45.2 Å². The Bertz CT molecular complexity index is 706. The van der Waals surface area contributed by atoms with E-state index in [1.807, 2.05) is 4.81 Å². The molecule has 3 aliphatic heterocycles. The van der Waals surface area contributed by atoms with Crippen LogP contribution in [-0.2, 0) is 24.3 Å². The normalized spacial score (nSPS) is 29.4. The first kappa shape index (κ1) is 20.0. The van der Waals surface area contributed by atoms with Crippen molar-refractivity contribution >= 4 is 35.9 Å². The van der Waals surface area contributed by atoms with Gasteiger partial charge in [-0.2, -0.15) is 9.35 Å². The molecule has 2 bridgehead atoms. The van der Waals surface area contributed by atoms with E-state index in [0.29, 0.717) is 30.9 Å². The molecule has 27 heavy (non-hydrogen) atoms. The van der Waals surface area contributed by atoms with E-state index >= 15 is 0 Å². The second kappa shape index (κ2) is 8.13. The fourth-order valence-electron chi connectivity index (χ4n) is 3.90. The van der Waals surface area contributed by atoms with Crippen molar-refractivity contribution in [1.82, 2.24) is 20.1 Å². The highest BCUT2D eigenvalue weighted by Crippen LogP contribution is 2.30. The van der Waals surface area contributed by atoms with Crippen LogP contribution in [0.2, 0.25) is 0 Å². The van der Waals surface area contributed by atoms with Crippen molar-refractivity contribution in [2.75, 3.05) is 19.6 Å². The highest BCUT2D eigenvalue weighted by atomic mass is 32.3. The molecule has 1 N–H and O–H groups in total. The minimum Gasteiger partial charge on any atom is -0.724 e. The molecule has 13 heteroatoms. The molecular weight excluding hydrogens is 379 g/mol. The predicted octanol–water partition coefficient (Wildman–Crippen LogP) is -1.57. The van der Waals surface area contributed by atoms with E-state index in [2.05, 4.69) is 9.60 Å². The summed E-state index contributed by atoms with van der Waals surface area (Å²) in [4.78, 5) is 38.8. The standard InChI is InChI=1S/C14H22BN4O7S/c20-9-15-17-6-1-2-10(5-7-17)16-13(21)12-4-3-11-8-18(12)14(22)19(11)26-27(23,24)25/h9-12H,1-8H2,(H,16,21)(H,23,24,25)/p-1/t10-,11+,12-/m0/s1. The molecule has 0 unspecified atom stereocenters. The molecule has 3 saturated heterocycles. The number of nitrogens with zero attached hydrogens (tertiary/aromatic N) is 3. The van der Waals surface area contributed by atoms with Crippen LogP contribution in [0.4, 0.5) is 4.79 Å². The van der Waals surface area contributed by atoms with Gasteiger partial charge in [-0.15, -0.1) is 0 Å². The predicted molar refractivity (Wildman–Crippen MR) is 91.4 cm³/mol. The van der Waals surface area contributed by atoms with Gasteiger partial charge in [0.25, 0.3) is 7.41 Å². The number of hydrogen-bond donors (Lipinski definition) is 1. The van der Waals surface area contributed by atoms with Gasteiger partial charge in [0.15, 0.2) is 0 Å². The van der Waals surface area contributed by atoms with Crippen molar-refractivity contribution < 1.29 is 31.6 Å². The topological polar surface area (TPSA) is 139 Å². The zero-order valence-corrected chi connectivity index (χ0v) is 15.5. The highest BCUT2D eigenvalue weighted by molar-refractivity contribution is 7.80. The van der Waals surface area contributed by atoms with Gasteiger partial charge in [0, 0.05) is 12.6 Å². The summed E-state index contributed by atoms with van der Waals surface area (Å²) < 4.78 is 36.7. The van der Waals surface area contributed by atoms with Gasteiger partial charge in [-0.1, -0.05) is 0 Å². The Labute approximate surface area is 158 Å². The Balaban J connectivity index is 1.58. The minimum atomic E-state index is -5.06. The molecule has 0 aromatic heterocycles. The van der Waals surface area contributed by atoms with Crippen LogP contribution in [-0.4, -0.2) is 91.0 Å². The molecule has 3 amide bonds. The first-order valence-electron chi connectivity index (χ1n) is 8.87. The third-order valence-corrected chi connectivity index (χ3v) is 5.52. The van der Waals surface area contributed by atoms with Gasteiger partial charge in [-0.25, -0.2) is 13.2 Å². The van der Waals surface area contributed by atoms with Crippen LogP contribution in [0.1, 0.15) is 32.1 Å². The average Bonchev–Trinajstić information content (AvgIpc) is 2.76. The van der Waals surface area contributed by atoms with E-state index in [1.165, 1.54) is 12.3 Å². The van der Waals surface area contributed by atoms with Crippen LogP contribution < -0.4 is 5.32 Å². The third-order valence-electron chi connectivity index (χ3n) is 5.18. The number of fused-ring (bicyclic) bond motifs is 2. The van der Waals surface area contributed by atoms with Crippen LogP contribution >= 0.6 is 0 Å². The lowest BCUT2D eigenvalue weighted by Crippen LogP contribution is -2.52. The van der Waals surface area contributed by atoms with E-state index in [4.69, 9.17) is 0 Å². The second-order valence-corrected chi connectivity index (χ2v) is 7.91. The van der Waals surface area contributed by atoms with Gasteiger partial charge < -0.3 is 24.4 Å². The van der Waals surface area contributed by atoms with Crippen molar-refractivity contribution in [1.29, 1.82) is 0 Å². The maximum atomic E-state index is 12.7. The third kappa shape index (κ3) is 4.78. The average molecular weight is 400 g/mol. The van der Waals surface area contributed by atoms with Crippen molar-refractivity contribution in [2.24, 2.45) is 0 Å². The summed E-state index contributed by atoms with van der Waals surface area (Å²) in [5.74, 6) is -0.300. The SMILES string of the molecule is O=C[B]N1CCC[C@H](NC(=O)[C@@H]2CC[C@@H]3CN2C(=O)N3OS(=O)(=O)[O-])CC1. The van der Waals surface area contributed by atoms with Gasteiger partial charge in [-0.3, -0.25) is 4.79 Å². The van der Waals surface area contributed by atoms with Crippen molar-refractivity contribution in [3.63, 3.8) is 0 Å². The Hall–Kier alpha value is -1.70. The summed E-state index contributed by atoms with van der Waals surface area (Å²) in [7, 11) is -3.57. The maximum Gasteiger partial charge on any atom is 0.346 e. The lowest BCUT2D eigenvalue weighted by atomic mass is 9.94. The quantitative estimate of drug-likeness (QED) is 0.244. The van der Waals surface area contributed by atoms with Gasteiger partial charge in [0.1, 0.15) is 6.04 Å². The number of amides is 3. The summed E-state index contributed by atoms with van der Waals surface area (Å²) >= 11 is 0. The van der Waals surface area contributed by atoms with E-state index < -0.39 is 28.5 Å². The molecule has 0 aromatic rings. The molecule has 11 nitrogen and oxygen atoms in total. The number of nitrogens with one attached hydrogen (secondary N) is 1. The number of piperidine rings is 1. The van der Waals surface area contributed by atoms with E-state index in [0.717, 1.165) is 25.6 Å². The van der Waals surface area contributed by atoms with Gasteiger partial charge in [0.05, 0.1) is 12.2 Å². The smallest absolute Gasteiger partial charge is 0.346 e. The molecule has 0 aliphatic carbocycles. The van der Waals surface area contributed by atoms with Gasteiger partial charge in [0.2, 0.25) is 16.3 Å². The largest absolute Gasteiger partial charge is 0.724 e. The molecule has 3 heterocycles. The number of urea groups is 1. The molecule has 0 aromatic carbocycles. The molecular formula is C14H21BN4O7S-. The zero-order valence-electron chi connectivity index (χ0n) is 14.7. The summed E-state index contributed by atoms with van der Waals surface area (Å²) in [6.07, 6.45) is 3.74. The minimum absolute atomic E-state index is 0.0626. The summed E-state index contributed by atoms with van der Waals surface area (Å²) in [6.45, 7) is 1.54. The summed E-state index contributed by atoms with van der Waals surface area (Å²) in [6, 6.07) is -2.13. The Morgan fingerprint density at radius 2 is 2.04 bits per heavy atom. The highest BCUT2D eigenvalue weighted by Gasteiger charge is 2.48. The lowest BCUT2D eigenvalue weighted by Gasteiger charge is -2.30. The van der Waals surface area contributed by atoms with Crippen molar-refractivity contribution in [3.8, 4) is 0 Å². The molecule has 3 rings (SSSR count). The number of carbonyl (C=O) groups excluding carboxylic acids is 3. The molecule has 1 radical (unpaired) electrons. The Morgan fingerprint density at radius 3 is 2.74 bits per heavy atom. The Morgan fingerprint density at radius 1 is 1.26 bits per heavy atom. The lowest BCUT2D eigenvalue weighted by molar-refractivity contribution is -0.126. The monoisotopic (exact) mass is 400 g/mol. The van der Waals surface area contributed by atoms with Crippen LogP contribution in [0.25, 0.3) is 0 Å². The number of rotatable bonds is 6. The molecule has 0 spiro atoms. The molecule has 3 atom stereocenters. The second-order valence-electron chi connectivity index (χ2n) is 6.95. The van der Waals surface area contributed by atoms with Crippen LogP contribution in [0.3, 0.4) is 0 Å². The fourth-order valence-corrected chi connectivity index (χ4v) is 4.28. The Kier molecular flexibility index (Phi) is 6.03. The van der Waals surface area contributed by atoms with E-state index in [9.17, 15) is 27.4 Å². The van der Waals surface area contributed by atoms with Crippen molar-refractivity contribution in [3.05, 3.63) is 0 Å². The fraction of sp³-hybridized carbons (Fsp3) is 0.786.